The molecule has 0 atom stereocenters. The van der Waals surface area contributed by atoms with Gasteiger partial charge in [0.05, 0.1) is 0 Å². The molecule has 0 bridgehead atoms. The quantitative estimate of drug-likeness (QED) is 0.761. The minimum Gasteiger partial charge on any atom is -0.363 e. The summed E-state index contributed by atoms with van der Waals surface area (Å²) in [7, 11) is 3.80. The predicted molar refractivity (Wildman–Crippen MR) is 81.6 cm³/mol. The summed E-state index contributed by atoms with van der Waals surface area (Å²) in [6, 6.07) is 5.35. The van der Waals surface area contributed by atoms with Crippen LogP contribution in [0.3, 0.4) is 0 Å². The molecule has 0 aromatic carbocycles. The monoisotopic (exact) mass is 383 g/mol. The van der Waals surface area contributed by atoms with Crippen LogP contribution in [0.1, 0.15) is 16.1 Å². The number of halogens is 2. The number of hydrogen-bond acceptors (Lipinski definition) is 4. The fourth-order valence-electron chi connectivity index (χ4n) is 1.50. The van der Waals surface area contributed by atoms with Gasteiger partial charge in [0.25, 0.3) is 0 Å². The molecule has 0 aliphatic rings. The molecule has 19 heavy (non-hydrogen) atoms. The Hall–Kier alpha value is -1.27. The van der Waals surface area contributed by atoms with Crippen LogP contribution in [0.4, 0.5) is 5.82 Å². The SMILES string of the molecule is CN(C)c1ccc(C(=O)c2ncc(Br)cc2Br)cn1. The third kappa shape index (κ3) is 3.19. The normalized spacial score (nSPS) is 10.3. The third-order valence-corrected chi connectivity index (χ3v) is 3.53. The van der Waals surface area contributed by atoms with Crippen LogP contribution in [0.15, 0.2) is 39.5 Å². The number of ketones is 1. The Morgan fingerprint density at radius 1 is 1.16 bits per heavy atom. The number of rotatable bonds is 3. The van der Waals surface area contributed by atoms with E-state index in [0.29, 0.717) is 15.7 Å². The maximum atomic E-state index is 12.3. The molecule has 0 N–H and O–H groups in total. The van der Waals surface area contributed by atoms with E-state index in [4.69, 9.17) is 0 Å². The van der Waals surface area contributed by atoms with Crippen molar-refractivity contribution in [3.8, 4) is 0 Å². The molecule has 0 radical (unpaired) electrons. The van der Waals surface area contributed by atoms with Gasteiger partial charge in [0.15, 0.2) is 0 Å². The Morgan fingerprint density at radius 3 is 2.42 bits per heavy atom. The topological polar surface area (TPSA) is 46.1 Å². The fourth-order valence-corrected chi connectivity index (χ4v) is 2.67. The van der Waals surface area contributed by atoms with E-state index in [0.717, 1.165) is 10.3 Å². The van der Waals surface area contributed by atoms with Gasteiger partial charge in [-0.1, -0.05) is 0 Å². The van der Waals surface area contributed by atoms with E-state index in [1.165, 1.54) is 0 Å². The van der Waals surface area contributed by atoms with E-state index in [9.17, 15) is 4.79 Å². The van der Waals surface area contributed by atoms with E-state index in [1.54, 1.807) is 30.6 Å². The standard InChI is InChI=1S/C13H11Br2N3O/c1-18(2)11-4-3-8(6-16-11)13(19)12-10(15)5-9(14)7-17-12/h3-7H,1-2H3. The van der Waals surface area contributed by atoms with Gasteiger partial charge in [-0.15, -0.1) is 0 Å². The summed E-state index contributed by atoms with van der Waals surface area (Å²) in [6.45, 7) is 0. The summed E-state index contributed by atoms with van der Waals surface area (Å²) in [4.78, 5) is 22.5. The summed E-state index contributed by atoms with van der Waals surface area (Å²) in [5.74, 6) is 0.650. The van der Waals surface area contributed by atoms with Crippen molar-refractivity contribution < 1.29 is 4.79 Å². The van der Waals surface area contributed by atoms with Crippen LogP contribution in [-0.4, -0.2) is 29.8 Å². The smallest absolute Gasteiger partial charge is 0.214 e. The van der Waals surface area contributed by atoms with Gasteiger partial charge in [-0.05, 0) is 50.1 Å². The van der Waals surface area contributed by atoms with Gasteiger partial charge in [0, 0.05) is 41.0 Å². The third-order valence-electron chi connectivity index (χ3n) is 2.49. The van der Waals surface area contributed by atoms with Gasteiger partial charge in [-0.3, -0.25) is 9.78 Å². The van der Waals surface area contributed by atoms with Crippen molar-refractivity contribution in [1.82, 2.24) is 9.97 Å². The van der Waals surface area contributed by atoms with Gasteiger partial charge in [-0.25, -0.2) is 4.98 Å². The molecular weight excluding hydrogens is 374 g/mol. The molecular formula is C13H11Br2N3O. The molecule has 4 nitrogen and oxygen atoms in total. The van der Waals surface area contributed by atoms with Gasteiger partial charge in [-0.2, -0.15) is 0 Å². The van der Waals surface area contributed by atoms with Crippen LogP contribution in [0.25, 0.3) is 0 Å². The van der Waals surface area contributed by atoms with Gasteiger partial charge >= 0.3 is 0 Å². The lowest BCUT2D eigenvalue weighted by atomic mass is 10.1. The van der Waals surface area contributed by atoms with Crippen molar-refractivity contribution in [3.05, 3.63) is 50.8 Å². The molecule has 0 fully saturated rings. The maximum absolute atomic E-state index is 12.3. The Balaban J connectivity index is 2.33. The molecule has 0 saturated carbocycles. The van der Waals surface area contributed by atoms with Crippen molar-refractivity contribution >= 4 is 43.5 Å². The molecule has 6 heteroatoms. The average molecular weight is 385 g/mol. The van der Waals surface area contributed by atoms with Crippen LogP contribution < -0.4 is 4.90 Å². The van der Waals surface area contributed by atoms with Crippen LogP contribution >= 0.6 is 31.9 Å². The minimum absolute atomic E-state index is 0.155. The predicted octanol–water partition coefficient (Wildman–Crippen LogP) is 3.30. The van der Waals surface area contributed by atoms with Gasteiger partial charge in [0.1, 0.15) is 11.5 Å². The molecule has 0 aliphatic heterocycles. The number of hydrogen-bond donors (Lipinski definition) is 0. The van der Waals surface area contributed by atoms with E-state index in [1.807, 2.05) is 19.0 Å². The largest absolute Gasteiger partial charge is 0.363 e. The first-order valence-electron chi connectivity index (χ1n) is 5.48. The Labute approximate surface area is 128 Å². The highest BCUT2D eigenvalue weighted by atomic mass is 79.9. The number of nitrogens with zero attached hydrogens (tertiary/aromatic N) is 3. The van der Waals surface area contributed by atoms with E-state index < -0.39 is 0 Å². The number of anilines is 1. The second-order valence-corrected chi connectivity index (χ2v) is 5.88. The first-order valence-corrected chi connectivity index (χ1v) is 7.07. The molecule has 2 aromatic heterocycles. The molecule has 0 amide bonds. The average Bonchev–Trinajstić information content (AvgIpc) is 2.38. The Kier molecular flexibility index (Phi) is 4.31. The molecule has 0 unspecified atom stereocenters. The van der Waals surface area contributed by atoms with Crippen molar-refractivity contribution in [2.75, 3.05) is 19.0 Å². The molecule has 2 heterocycles. The van der Waals surface area contributed by atoms with Crippen LogP contribution in [-0.2, 0) is 0 Å². The first kappa shape index (κ1) is 14.1. The minimum atomic E-state index is -0.155. The number of aromatic nitrogens is 2. The lowest BCUT2D eigenvalue weighted by molar-refractivity contribution is 0.103. The van der Waals surface area contributed by atoms with Crippen molar-refractivity contribution in [3.63, 3.8) is 0 Å². The molecule has 2 aromatic rings. The lowest BCUT2D eigenvalue weighted by Gasteiger charge is -2.11. The highest BCUT2D eigenvalue weighted by Crippen LogP contribution is 2.22. The van der Waals surface area contributed by atoms with Gasteiger partial charge < -0.3 is 4.90 Å². The second kappa shape index (κ2) is 5.79. The van der Waals surface area contributed by atoms with Crippen LogP contribution in [0.2, 0.25) is 0 Å². The van der Waals surface area contributed by atoms with Crippen molar-refractivity contribution in [2.24, 2.45) is 0 Å². The summed E-state index contributed by atoms with van der Waals surface area (Å²) in [5, 5.41) is 0. The maximum Gasteiger partial charge on any atom is 0.214 e. The zero-order valence-electron chi connectivity index (χ0n) is 10.4. The molecule has 0 aliphatic carbocycles. The van der Waals surface area contributed by atoms with Crippen molar-refractivity contribution in [2.45, 2.75) is 0 Å². The molecule has 2 rings (SSSR count). The molecule has 98 valence electrons. The number of carbonyl (C=O) groups is 1. The Bertz CT molecular complexity index is 612. The zero-order valence-corrected chi connectivity index (χ0v) is 13.6. The van der Waals surface area contributed by atoms with Crippen molar-refractivity contribution in [1.29, 1.82) is 0 Å². The van der Waals surface area contributed by atoms with E-state index >= 15 is 0 Å². The first-order chi connectivity index (χ1) is 8.99. The van der Waals surface area contributed by atoms with E-state index in [2.05, 4.69) is 41.8 Å². The van der Waals surface area contributed by atoms with Gasteiger partial charge in [0.2, 0.25) is 5.78 Å². The molecule has 0 saturated heterocycles. The summed E-state index contributed by atoms with van der Waals surface area (Å²) in [6.07, 6.45) is 3.16. The highest BCUT2D eigenvalue weighted by molar-refractivity contribution is 9.11. The summed E-state index contributed by atoms with van der Waals surface area (Å²) >= 11 is 6.65. The highest BCUT2D eigenvalue weighted by Gasteiger charge is 2.15. The lowest BCUT2D eigenvalue weighted by Crippen LogP contribution is -2.11. The zero-order chi connectivity index (χ0) is 14.0. The van der Waals surface area contributed by atoms with Crippen LogP contribution in [0.5, 0.6) is 0 Å². The summed E-state index contributed by atoms with van der Waals surface area (Å²) < 4.78 is 1.47. The summed E-state index contributed by atoms with van der Waals surface area (Å²) in [5.41, 5.74) is 0.892. The number of pyridine rings is 2. The number of carbonyl (C=O) groups excluding carboxylic acids is 1. The Morgan fingerprint density at radius 2 is 1.89 bits per heavy atom. The van der Waals surface area contributed by atoms with Crippen LogP contribution in [0, 0.1) is 0 Å². The fraction of sp³-hybridized carbons (Fsp3) is 0.154. The second-order valence-electron chi connectivity index (χ2n) is 4.11. The molecule has 0 spiro atoms. The van der Waals surface area contributed by atoms with E-state index in [-0.39, 0.29) is 5.78 Å².